The van der Waals surface area contributed by atoms with E-state index in [0.29, 0.717) is 5.75 Å². The number of nitrogens with one attached hydrogen (secondary N) is 1. The second-order valence-corrected chi connectivity index (χ2v) is 9.68. The van der Waals surface area contributed by atoms with Crippen LogP contribution < -0.4 is 21.0 Å². The van der Waals surface area contributed by atoms with Gasteiger partial charge in [0.1, 0.15) is 18.1 Å². The van der Waals surface area contributed by atoms with Crippen LogP contribution in [-0.4, -0.2) is 41.0 Å². The van der Waals surface area contributed by atoms with Crippen LogP contribution in [0.25, 0.3) is 0 Å². The summed E-state index contributed by atoms with van der Waals surface area (Å²) < 4.78 is 30.4. The second-order valence-electron chi connectivity index (χ2n) is 6.44. The molecule has 3 rings (SSSR count). The molecule has 10 nitrogen and oxygen atoms in total. The number of rotatable bonds is 9. The minimum atomic E-state index is -3.83. The molecule has 162 valence electrons. The monoisotopic (exact) mass is 454 g/mol. The van der Waals surface area contributed by atoms with Gasteiger partial charge in [-0.2, -0.15) is 4.98 Å². The maximum Gasteiger partial charge on any atom is 0.459 e. The van der Waals surface area contributed by atoms with Crippen LogP contribution >= 0.6 is 19.5 Å². The molecule has 2 aromatic rings. The maximum absolute atomic E-state index is 13.2. The lowest BCUT2D eigenvalue weighted by Gasteiger charge is -2.21. The highest BCUT2D eigenvalue weighted by Crippen LogP contribution is 2.47. The van der Waals surface area contributed by atoms with Crippen molar-refractivity contribution in [1.29, 1.82) is 0 Å². The third-order valence-corrected chi connectivity index (χ3v) is 7.31. The molecule has 3 N–H and O–H groups in total. The molecule has 0 aliphatic carbocycles. The molecule has 1 saturated heterocycles. The van der Waals surface area contributed by atoms with Crippen LogP contribution in [0.5, 0.6) is 5.75 Å². The van der Waals surface area contributed by atoms with Gasteiger partial charge in [0.2, 0.25) is 0 Å². The van der Waals surface area contributed by atoms with Crippen LogP contribution in [0.4, 0.5) is 5.82 Å². The van der Waals surface area contributed by atoms with Crippen LogP contribution in [0.15, 0.2) is 47.4 Å². The molecule has 1 aromatic heterocycles. The lowest BCUT2D eigenvalue weighted by molar-refractivity contribution is -0.139. The molecule has 0 radical (unpaired) electrons. The number of hydrogen-bond acceptors (Lipinski definition) is 9. The summed E-state index contributed by atoms with van der Waals surface area (Å²) in [7, 11) is -2.60. The number of carbonyl (C=O) groups is 1. The Morgan fingerprint density at radius 2 is 2.10 bits per heavy atom. The average molecular weight is 454 g/mol. The smallest absolute Gasteiger partial charge is 0.459 e. The number of anilines is 1. The summed E-state index contributed by atoms with van der Waals surface area (Å²) in [5.74, 6) is -0.0783. The lowest BCUT2D eigenvalue weighted by atomic mass is 10.2. The van der Waals surface area contributed by atoms with Crippen molar-refractivity contribution in [2.45, 2.75) is 23.5 Å². The fourth-order valence-corrected chi connectivity index (χ4v) is 5.63. The van der Waals surface area contributed by atoms with Gasteiger partial charge >= 0.3 is 19.4 Å². The summed E-state index contributed by atoms with van der Waals surface area (Å²) in [5.41, 5.74) is 5.13. The molecule has 1 aliphatic heterocycles. The number of ether oxygens (including phenoxy) is 1. The third kappa shape index (κ3) is 6.09. The van der Waals surface area contributed by atoms with Gasteiger partial charge in [0, 0.05) is 11.4 Å². The van der Waals surface area contributed by atoms with Crippen molar-refractivity contribution in [1.82, 2.24) is 14.6 Å². The Bertz CT molecular complexity index is 973. The third-order valence-electron chi connectivity index (χ3n) is 4.29. The van der Waals surface area contributed by atoms with Crippen molar-refractivity contribution < 1.29 is 23.1 Å². The number of methoxy groups -OCH3 is 1. The Balaban J connectivity index is 1.62. The van der Waals surface area contributed by atoms with Crippen molar-refractivity contribution in [3.63, 3.8) is 0 Å². The first kappa shape index (κ1) is 22.4. The first-order chi connectivity index (χ1) is 14.4. The summed E-state index contributed by atoms with van der Waals surface area (Å²) in [6.07, 6.45) is 3.09. The van der Waals surface area contributed by atoms with Crippen LogP contribution in [0, 0.1) is 0 Å². The Hall–Kier alpha value is -2.33. The lowest BCUT2D eigenvalue weighted by Crippen LogP contribution is -2.26. The van der Waals surface area contributed by atoms with Crippen LogP contribution in [0.1, 0.15) is 18.2 Å². The van der Waals surface area contributed by atoms with Gasteiger partial charge in [0.25, 0.3) is 0 Å². The van der Waals surface area contributed by atoms with Crippen LogP contribution in [-0.2, 0) is 18.6 Å². The topological polar surface area (TPSA) is 135 Å². The number of para-hydroxylation sites is 1. The molecule has 3 atom stereocenters. The van der Waals surface area contributed by atoms with E-state index in [4.69, 9.17) is 14.8 Å². The number of aromatic nitrogens is 2. The van der Waals surface area contributed by atoms with Crippen LogP contribution in [0.3, 0.4) is 0 Å². The van der Waals surface area contributed by atoms with E-state index in [1.807, 2.05) is 0 Å². The van der Waals surface area contributed by atoms with Gasteiger partial charge in [0.15, 0.2) is 0 Å². The molecule has 1 fully saturated rings. The number of thioether (sulfide) groups is 1. The summed E-state index contributed by atoms with van der Waals surface area (Å²) in [6.45, 7) is -0.218. The summed E-state index contributed by atoms with van der Waals surface area (Å²) in [5, 5.41) is 2.39. The molecule has 1 aromatic carbocycles. The highest BCUT2D eigenvalue weighted by molar-refractivity contribution is 8.00. The fourth-order valence-electron chi connectivity index (χ4n) is 2.80. The molecule has 3 unspecified atom stereocenters. The molecule has 2 heterocycles. The normalized spacial score (nSPS) is 20.4. The molecular weight excluding hydrogens is 431 g/mol. The maximum atomic E-state index is 13.2. The Labute approximate surface area is 177 Å². The Kier molecular flexibility index (Phi) is 7.54. The van der Waals surface area contributed by atoms with Crippen molar-refractivity contribution in [2.75, 3.05) is 26.0 Å². The average Bonchev–Trinajstić information content (AvgIpc) is 3.20. The van der Waals surface area contributed by atoms with Gasteiger partial charge in [-0.05, 0) is 31.0 Å². The molecule has 0 bridgehead atoms. The van der Waals surface area contributed by atoms with E-state index in [2.05, 4.69) is 14.8 Å². The van der Waals surface area contributed by atoms with E-state index < -0.39 is 19.4 Å². The minimum Gasteiger partial charge on any atom is -0.468 e. The van der Waals surface area contributed by atoms with E-state index in [1.54, 1.807) is 42.6 Å². The largest absolute Gasteiger partial charge is 0.468 e. The van der Waals surface area contributed by atoms with E-state index in [0.717, 1.165) is 12.8 Å². The van der Waals surface area contributed by atoms with E-state index in [1.165, 1.54) is 23.4 Å². The number of benzene rings is 1. The van der Waals surface area contributed by atoms with Gasteiger partial charge in [0.05, 0.1) is 19.1 Å². The van der Waals surface area contributed by atoms with E-state index in [-0.39, 0.29) is 29.6 Å². The number of nitrogens with zero attached hydrogens (tertiary/aromatic N) is 2. The Morgan fingerprint density at radius 1 is 1.33 bits per heavy atom. The summed E-state index contributed by atoms with van der Waals surface area (Å²) in [4.78, 5) is 27.2. The highest BCUT2D eigenvalue weighted by Gasteiger charge is 2.33. The Morgan fingerprint density at radius 3 is 2.80 bits per heavy atom. The predicted octanol–water partition coefficient (Wildman–Crippen LogP) is 2.19. The van der Waals surface area contributed by atoms with E-state index in [9.17, 15) is 14.2 Å². The molecule has 30 heavy (non-hydrogen) atoms. The molecule has 0 spiro atoms. The summed E-state index contributed by atoms with van der Waals surface area (Å²) >= 11 is 1.52. The van der Waals surface area contributed by atoms with Crippen LogP contribution in [0.2, 0.25) is 0 Å². The number of nitrogen functional groups attached to an aromatic ring is 1. The van der Waals surface area contributed by atoms with Gasteiger partial charge in [-0.25, -0.2) is 14.4 Å². The fraction of sp³-hybridized carbons (Fsp3) is 0.389. The van der Waals surface area contributed by atoms with Crippen molar-refractivity contribution in [3.8, 4) is 5.75 Å². The standard InChI is InChI=1S/C18H23N4O6PS/c1-26-17(23)11-20-29(25,28-13-5-3-2-4-6-13)27-12-14-7-8-16(30-14)22-10-9-15(19)21-18(22)24/h2-6,9-10,14,16H,7-8,11-12H2,1H3,(H,20,25)(H2,19,21,24). The molecule has 12 heteroatoms. The quantitative estimate of drug-likeness (QED) is 0.429. The van der Waals surface area contributed by atoms with Crippen molar-refractivity contribution >= 4 is 31.3 Å². The number of esters is 1. The second kappa shape index (κ2) is 10.1. The van der Waals surface area contributed by atoms with Gasteiger partial charge in [-0.15, -0.1) is 11.8 Å². The molecule has 0 saturated carbocycles. The first-order valence-electron chi connectivity index (χ1n) is 9.20. The summed E-state index contributed by atoms with van der Waals surface area (Å²) in [6, 6.07) is 10.1. The molecule has 0 amide bonds. The predicted molar refractivity (Wildman–Crippen MR) is 113 cm³/mol. The highest BCUT2D eigenvalue weighted by atomic mass is 32.2. The zero-order chi connectivity index (χ0) is 21.6. The SMILES string of the molecule is COC(=O)CNP(=O)(OCC1CCC(n2ccc(N)nc2=O)S1)Oc1ccccc1. The number of nitrogens with two attached hydrogens (primary N) is 1. The minimum absolute atomic E-state index is 0.0212. The van der Waals surface area contributed by atoms with Crippen molar-refractivity contribution in [2.24, 2.45) is 0 Å². The van der Waals surface area contributed by atoms with E-state index >= 15 is 0 Å². The first-order valence-corrected chi connectivity index (χ1v) is 11.7. The molecular formula is C18H23N4O6PS. The zero-order valence-electron chi connectivity index (χ0n) is 16.3. The zero-order valence-corrected chi connectivity index (χ0v) is 18.0. The van der Waals surface area contributed by atoms with Crippen molar-refractivity contribution in [3.05, 3.63) is 53.1 Å². The number of hydrogen-bond donors (Lipinski definition) is 2. The van der Waals surface area contributed by atoms with Gasteiger partial charge < -0.3 is 15.0 Å². The van der Waals surface area contributed by atoms with Gasteiger partial charge in [-0.3, -0.25) is 13.9 Å². The molecule has 1 aliphatic rings. The number of carbonyl (C=O) groups excluding carboxylic acids is 1. The van der Waals surface area contributed by atoms with Gasteiger partial charge in [-0.1, -0.05) is 18.2 Å².